The molecule has 2 heterocycles. The number of fused-ring (bicyclic) bond motifs is 1. The minimum absolute atomic E-state index is 0.679. The van der Waals surface area contributed by atoms with Crippen LogP contribution in [0.3, 0.4) is 0 Å². The summed E-state index contributed by atoms with van der Waals surface area (Å²) >= 11 is 3.25. The topological polar surface area (TPSA) is 45.4 Å². The molecule has 3 rings (SSSR count). The Morgan fingerprint density at radius 2 is 2.06 bits per heavy atom. The lowest BCUT2D eigenvalue weighted by atomic mass is 10.1. The van der Waals surface area contributed by atoms with Gasteiger partial charge in [-0.25, -0.2) is 0 Å². The van der Waals surface area contributed by atoms with Crippen molar-refractivity contribution in [2.75, 3.05) is 5.32 Å². The Morgan fingerprint density at radius 3 is 2.82 bits per heavy atom. The van der Waals surface area contributed by atoms with Gasteiger partial charge >= 0.3 is 0 Å². The number of aliphatic hydroxyl groups is 1. The maximum Gasteiger partial charge on any atom is 0.169 e. The van der Waals surface area contributed by atoms with Crippen molar-refractivity contribution in [2.45, 2.75) is 6.23 Å². The van der Waals surface area contributed by atoms with Gasteiger partial charge in [-0.05, 0) is 40.2 Å². The van der Waals surface area contributed by atoms with Crippen molar-refractivity contribution < 1.29 is 9.52 Å². The van der Waals surface area contributed by atoms with Gasteiger partial charge in [0.2, 0.25) is 0 Å². The number of aliphatic hydroxyl groups excluding tert-OH is 1. The Bertz CT molecular complexity index is 589. The molecule has 2 aromatic rings. The number of rotatable bonds is 1. The maximum atomic E-state index is 9.95. The lowest BCUT2D eigenvalue weighted by molar-refractivity contribution is 0.266. The summed E-state index contributed by atoms with van der Waals surface area (Å²) in [5.41, 5.74) is 2.77. The number of benzene rings is 1. The van der Waals surface area contributed by atoms with Gasteiger partial charge in [-0.15, -0.1) is 0 Å². The van der Waals surface area contributed by atoms with E-state index < -0.39 is 6.23 Å². The quantitative estimate of drug-likeness (QED) is 0.847. The van der Waals surface area contributed by atoms with Crippen molar-refractivity contribution >= 4 is 33.3 Å². The molecule has 0 bridgehead atoms. The molecule has 0 aliphatic carbocycles. The van der Waals surface area contributed by atoms with Crippen molar-refractivity contribution in [1.82, 2.24) is 0 Å². The molecule has 86 valence electrons. The zero-order valence-corrected chi connectivity index (χ0v) is 10.4. The summed E-state index contributed by atoms with van der Waals surface area (Å²) in [4.78, 5) is 0. The van der Waals surface area contributed by atoms with Crippen molar-refractivity contribution in [3.8, 4) is 0 Å². The molecule has 0 spiro atoms. The molecule has 0 saturated carbocycles. The molecule has 4 heteroatoms. The fourth-order valence-electron chi connectivity index (χ4n) is 1.95. The number of halogens is 1. The van der Waals surface area contributed by atoms with Gasteiger partial charge in [0, 0.05) is 16.8 Å². The molecule has 2 N–H and O–H groups in total. The van der Waals surface area contributed by atoms with E-state index in [1.165, 1.54) is 0 Å². The SMILES string of the molecule is OC1Nc2ccccc2/C1=C/c1ccc(Br)o1. The van der Waals surface area contributed by atoms with Gasteiger partial charge in [-0.2, -0.15) is 0 Å². The molecular weight excluding hydrogens is 282 g/mol. The Hall–Kier alpha value is -1.52. The molecule has 0 fully saturated rings. The Balaban J connectivity index is 2.06. The van der Waals surface area contributed by atoms with E-state index in [1.807, 2.05) is 42.5 Å². The highest BCUT2D eigenvalue weighted by atomic mass is 79.9. The predicted octanol–water partition coefficient (Wildman–Crippen LogP) is 3.33. The number of furan rings is 1. The zero-order valence-electron chi connectivity index (χ0n) is 8.85. The van der Waals surface area contributed by atoms with Crippen LogP contribution in [0.1, 0.15) is 11.3 Å². The maximum absolute atomic E-state index is 9.95. The first-order chi connectivity index (χ1) is 8.24. The van der Waals surface area contributed by atoms with Gasteiger partial charge in [-0.1, -0.05) is 18.2 Å². The Morgan fingerprint density at radius 1 is 1.24 bits per heavy atom. The molecule has 0 saturated heterocycles. The van der Waals surface area contributed by atoms with Crippen LogP contribution in [0.15, 0.2) is 45.5 Å². The smallest absolute Gasteiger partial charge is 0.169 e. The minimum Gasteiger partial charge on any atom is -0.450 e. The summed E-state index contributed by atoms with van der Waals surface area (Å²) in [6.45, 7) is 0. The van der Waals surface area contributed by atoms with Crippen molar-refractivity contribution in [1.29, 1.82) is 0 Å². The molecule has 17 heavy (non-hydrogen) atoms. The highest BCUT2D eigenvalue weighted by Crippen LogP contribution is 2.35. The van der Waals surface area contributed by atoms with Crippen LogP contribution in [0, 0.1) is 0 Å². The summed E-state index contributed by atoms with van der Waals surface area (Å²) in [5.74, 6) is 0.712. The van der Waals surface area contributed by atoms with Crippen molar-refractivity contribution in [2.24, 2.45) is 0 Å². The van der Waals surface area contributed by atoms with E-state index in [2.05, 4.69) is 21.2 Å². The van der Waals surface area contributed by atoms with Crippen LogP contribution in [0.4, 0.5) is 5.69 Å². The third kappa shape index (κ3) is 1.90. The molecule has 1 atom stereocenters. The second-order valence-electron chi connectivity index (χ2n) is 3.83. The second kappa shape index (κ2) is 4.05. The number of anilines is 1. The third-order valence-electron chi connectivity index (χ3n) is 2.72. The fourth-order valence-corrected chi connectivity index (χ4v) is 2.27. The van der Waals surface area contributed by atoms with Crippen LogP contribution in [-0.2, 0) is 0 Å². The van der Waals surface area contributed by atoms with Gasteiger partial charge in [0.05, 0.1) is 0 Å². The normalized spacial score (nSPS) is 20.4. The summed E-state index contributed by atoms with van der Waals surface area (Å²) < 4.78 is 6.09. The zero-order chi connectivity index (χ0) is 11.8. The van der Waals surface area contributed by atoms with Crippen molar-refractivity contribution in [3.05, 3.63) is 52.4 Å². The average Bonchev–Trinajstić information content (AvgIpc) is 2.85. The number of para-hydroxylation sites is 1. The van der Waals surface area contributed by atoms with E-state index >= 15 is 0 Å². The summed E-state index contributed by atoms with van der Waals surface area (Å²) in [6, 6.07) is 11.5. The first-order valence-corrected chi connectivity index (χ1v) is 6.04. The predicted molar refractivity (Wildman–Crippen MR) is 70.4 cm³/mol. The highest BCUT2D eigenvalue weighted by Gasteiger charge is 2.23. The van der Waals surface area contributed by atoms with Crippen LogP contribution >= 0.6 is 15.9 Å². The molecule has 3 nitrogen and oxygen atoms in total. The van der Waals surface area contributed by atoms with Gasteiger partial charge < -0.3 is 14.8 Å². The second-order valence-corrected chi connectivity index (χ2v) is 4.62. The molecule has 0 amide bonds. The average molecular weight is 292 g/mol. The third-order valence-corrected chi connectivity index (χ3v) is 3.14. The van der Waals surface area contributed by atoms with Gasteiger partial charge in [0.15, 0.2) is 10.9 Å². The molecule has 0 radical (unpaired) electrons. The van der Waals surface area contributed by atoms with Gasteiger partial charge in [-0.3, -0.25) is 0 Å². The van der Waals surface area contributed by atoms with Crippen LogP contribution < -0.4 is 5.32 Å². The molecule has 1 aromatic heterocycles. The Labute approximate surface area is 107 Å². The van der Waals surface area contributed by atoms with Crippen LogP contribution in [-0.4, -0.2) is 11.3 Å². The largest absolute Gasteiger partial charge is 0.450 e. The molecule has 1 aromatic carbocycles. The van der Waals surface area contributed by atoms with Crippen LogP contribution in [0.2, 0.25) is 0 Å². The van der Waals surface area contributed by atoms with Gasteiger partial charge in [0.1, 0.15) is 5.76 Å². The van der Waals surface area contributed by atoms with E-state index in [9.17, 15) is 5.11 Å². The van der Waals surface area contributed by atoms with Gasteiger partial charge in [0.25, 0.3) is 0 Å². The van der Waals surface area contributed by atoms with E-state index in [4.69, 9.17) is 4.42 Å². The van der Waals surface area contributed by atoms with Crippen LogP contribution in [0.5, 0.6) is 0 Å². The van der Waals surface area contributed by atoms with E-state index in [0.717, 1.165) is 16.8 Å². The standard InChI is InChI=1S/C13H10BrNO2/c14-12-6-5-8(17-12)7-10-9-3-1-2-4-11(9)15-13(10)16/h1-7,13,15-16H/b10-7-. The van der Waals surface area contributed by atoms with E-state index in [0.29, 0.717) is 10.4 Å². The minimum atomic E-state index is -0.684. The first-order valence-electron chi connectivity index (χ1n) is 5.25. The monoisotopic (exact) mass is 291 g/mol. The lowest BCUT2D eigenvalue weighted by Crippen LogP contribution is -2.12. The first kappa shape index (κ1) is 10.6. The number of nitrogens with one attached hydrogen (secondary N) is 1. The molecular formula is C13H10BrNO2. The number of hydrogen-bond acceptors (Lipinski definition) is 3. The highest BCUT2D eigenvalue weighted by molar-refractivity contribution is 9.10. The summed E-state index contributed by atoms with van der Waals surface area (Å²) in [7, 11) is 0. The summed E-state index contributed by atoms with van der Waals surface area (Å²) in [5, 5.41) is 13.0. The van der Waals surface area contributed by atoms with E-state index in [1.54, 1.807) is 0 Å². The fraction of sp³-hybridized carbons (Fsp3) is 0.0769. The molecule has 1 aliphatic rings. The Kier molecular flexibility index (Phi) is 2.53. The number of hydrogen-bond donors (Lipinski definition) is 2. The molecule has 1 aliphatic heterocycles. The summed E-state index contributed by atoms with van der Waals surface area (Å²) in [6.07, 6.45) is 1.16. The van der Waals surface area contributed by atoms with Crippen molar-refractivity contribution in [3.63, 3.8) is 0 Å². The van der Waals surface area contributed by atoms with Crippen LogP contribution in [0.25, 0.3) is 11.6 Å². The van der Waals surface area contributed by atoms with E-state index in [-0.39, 0.29) is 0 Å². The molecule has 1 unspecified atom stereocenters. The lowest BCUT2D eigenvalue weighted by Gasteiger charge is -2.03.